The van der Waals surface area contributed by atoms with Crippen LogP contribution >= 0.6 is 0 Å². The molecule has 0 aliphatic heterocycles. The highest BCUT2D eigenvalue weighted by molar-refractivity contribution is 5.77. The van der Waals surface area contributed by atoms with Crippen molar-refractivity contribution in [3.05, 3.63) is 0 Å². The summed E-state index contributed by atoms with van der Waals surface area (Å²) >= 11 is 0. The van der Waals surface area contributed by atoms with E-state index in [9.17, 15) is 4.79 Å². The van der Waals surface area contributed by atoms with Crippen molar-refractivity contribution in [1.29, 1.82) is 0 Å². The number of rotatable bonds is 3. The normalized spacial score (nSPS) is 14.8. The van der Waals surface area contributed by atoms with Gasteiger partial charge in [0.2, 0.25) is 5.91 Å². The van der Waals surface area contributed by atoms with Crippen LogP contribution in [0, 0.1) is 11.3 Å². The van der Waals surface area contributed by atoms with Crippen LogP contribution in [0.15, 0.2) is 0 Å². The summed E-state index contributed by atoms with van der Waals surface area (Å²) in [7, 11) is 0. The van der Waals surface area contributed by atoms with Gasteiger partial charge >= 0.3 is 0 Å². The van der Waals surface area contributed by atoms with Crippen molar-refractivity contribution in [3.63, 3.8) is 0 Å². The van der Waals surface area contributed by atoms with Crippen molar-refractivity contribution in [2.75, 3.05) is 6.61 Å². The molecule has 0 saturated heterocycles. The van der Waals surface area contributed by atoms with Crippen molar-refractivity contribution < 1.29 is 9.90 Å². The largest absolute Gasteiger partial charge is 0.396 e. The molecule has 0 aliphatic carbocycles. The summed E-state index contributed by atoms with van der Waals surface area (Å²) in [5.74, 6) is -0.642. The number of primary amides is 1. The van der Waals surface area contributed by atoms with Gasteiger partial charge in [0.1, 0.15) is 0 Å². The highest BCUT2D eigenvalue weighted by atomic mass is 16.3. The molecule has 0 saturated carbocycles. The highest BCUT2D eigenvalue weighted by Crippen LogP contribution is 2.24. The first kappa shape index (κ1) is 9.43. The molecule has 0 aromatic rings. The van der Waals surface area contributed by atoms with Crippen LogP contribution in [0.4, 0.5) is 0 Å². The van der Waals surface area contributed by atoms with E-state index in [1.807, 2.05) is 13.8 Å². The Balaban J connectivity index is 4.17. The molecule has 0 aliphatic rings. The standard InChI is InChI=1S/C7H15NO2/c1-5(6(8)10)7(2,3)4-9/h5,9H,4H2,1-3H3,(H2,8,10). The minimum atomic E-state index is -0.397. The van der Waals surface area contributed by atoms with Crippen LogP contribution < -0.4 is 5.73 Å². The first-order valence-corrected chi connectivity index (χ1v) is 3.32. The molecule has 0 bridgehead atoms. The molecular weight excluding hydrogens is 130 g/mol. The average Bonchev–Trinajstić information content (AvgIpc) is 1.86. The second-order valence-corrected chi connectivity index (χ2v) is 3.27. The molecule has 0 spiro atoms. The van der Waals surface area contributed by atoms with Gasteiger partial charge < -0.3 is 10.8 Å². The minimum absolute atomic E-state index is 0.0168. The molecule has 1 atom stereocenters. The summed E-state index contributed by atoms with van der Waals surface area (Å²) in [6, 6.07) is 0. The predicted octanol–water partition coefficient (Wildman–Crippen LogP) is 0.126. The van der Waals surface area contributed by atoms with E-state index < -0.39 is 5.41 Å². The van der Waals surface area contributed by atoms with Gasteiger partial charge in [-0.25, -0.2) is 0 Å². The van der Waals surface area contributed by atoms with Crippen LogP contribution in [0.3, 0.4) is 0 Å². The lowest BCUT2D eigenvalue weighted by Gasteiger charge is -2.26. The summed E-state index contributed by atoms with van der Waals surface area (Å²) in [5.41, 5.74) is 4.65. The zero-order valence-electron chi connectivity index (χ0n) is 6.72. The van der Waals surface area contributed by atoms with Gasteiger partial charge in [-0.05, 0) is 5.41 Å². The molecule has 0 aromatic carbocycles. The number of carbonyl (C=O) groups excluding carboxylic acids is 1. The van der Waals surface area contributed by atoms with Gasteiger partial charge in [-0.1, -0.05) is 20.8 Å². The third kappa shape index (κ3) is 1.99. The van der Waals surface area contributed by atoms with Crippen LogP contribution in [0.2, 0.25) is 0 Å². The van der Waals surface area contributed by atoms with Crippen molar-refractivity contribution in [3.8, 4) is 0 Å². The fraction of sp³-hybridized carbons (Fsp3) is 0.857. The van der Waals surface area contributed by atoms with Crippen molar-refractivity contribution in [2.24, 2.45) is 17.1 Å². The second-order valence-electron chi connectivity index (χ2n) is 3.27. The molecule has 0 rings (SSSR count). The van der Waals surface area contributed by atoms with Crippen LogP contribution in [0.25, 0.3) is 0 Å². The molecule has 0 radical (unpaired) electrons. The SMILES string of the molecule is CC(C(N)=O)C(C)(C)CO. The van der Waals surface area contributed by atoms with E-state index in [0.29, 0.717) is 0 Å². The molecule has 3 nitrogen and oxygen atoms in total. The number of hydrogen-bond acceptors (Lipinski definition) is 2. The Morgan fingerprint density at radius 3 is 2.20 bits per heavy atom. The maximum atomic E-state index is 10.6. The molecule has 0 heterocycles. The Morgan fingerprint density at radius 2 is 2.10 bits per heavy atom. The summed E-state index contributed by atoms with van der Waals surface area (Å²) in [6.07, 6.45) is 0. The van der Waals surface area contributed by atoms with Gasteiger partial charge in [0.05, 0.1) is 0 Å². The zero-order chi connectivity index (χ0) is 8.36. The van der Waals surface area contributed by atoms with Gasteiger partial charge in [-0.15, -0.1) is 0 Å². The van der Waals surface area contributed by atoms with E-state index in [1.165, 1.54) is 0 Å². The minimum Gasteiger partial charge on any atom is -0.396 e. The van der Waals surface area contributed by atoms with Gasteiger partial charge in [-0.3, -0.25) is 4.79 Å². The Bertz CT molecular complexity index is 132. The Labute approximate surface area is 61.2 Å². The molecule has 60 valence electrons. The first-order chi connectivity index (χ1) is 4.41. The van der Waals surface area contributed by atoms with E-state index in [1.54, 1.807) is 6.92 Å². The third-order valence-electron chi connectivity index (χ3n) is 2.01. The maximum absolute atomic E-state index is 10.6. The van der Waals surface area contributed by atoms with E-state index in [-0.39, 0.29) is 18.4 Å². The Morgan fingerprint density at radius 1 is 1.70 bits per heavy atom. The van der Waals surface area contributed by atoms with Crippen LogP contribution in [0.5, 0.6) is 0 Å². The molecule has 1 unspecified atom stereocenters. The number of amides is 1. The fourth-order valence-electron chi connectivity index (χ4n) is 0.522. The van der Waals surface area contributed by atoms with E-state index >= 15 is 0 Å². The number of aliphatic hydroxyl groups excluding tert-OH is 1. The summed E-state index contributed by atoms with van der Waals surface area (Å²) in [4.78, 5) is 10.6. The molecule has 0 aromatic heterocycles. The quantitative estimate of drug-likeness (QED) is 0.592. The molecule has 10 heavy (non-hydrogen) atoms. The predicted molar refractivity (Wildman–Crippen MR) is 39.2 cm³/mol. The average molecular weight is 145 g/mol. The number of carbonyl (C=O) groups is 1. The van der Waals surface area contributed by atoms with Crippen molar-refractivity contribution >= 4 is 5.91 Å². The Hall–Kier alpha value is -0.570. The Kier molecular flexibility index (Phi) is 2.84. The zero-order valence-corrected chi connectivity index (χ0v) is 6.72. The smallest absolute Gasteiger partial charge is 0.220 e. The number of hydrogen-bond donors (Lipinski definition) is 2. The molecule has 3 heteroatoms. The molecule has 3 N–H and O–H groups in total. The van der Waals surface area contributed by atoms with Gasteiger partial charge in [0.15, 0.2) is 0 Å². The lowest BCUT2D eigenvalue weighted by Crippen LogP contribution is -2.35. The molecule has 1 amide bonds. The summed E-state index contributed by atoms with van der Waals surface area (Å²) in [6.45, 7) is 5.32. The number of aliphatic hydroxyl groups is 1. The lowest BCUT2D eigenvalue weighted by atomic mass is 9.80. The van der Waals surface area contributed by atoms with Crippen molar-refractivity contribution in [1.82, 2.24) is 0 Å². The van der Waals surface area contributed by atoms with Gasteiger partial charge in [0, 0.05) is 12.5 Å². The lowest BCUT2D eigenvalue weighted by molar-refractivity contribution is -0.125. The first-order valence-electron chi connectivity index (χ1n) is 3.32. The fourth-order valence-corrected chi connectivity index (χ4v) is 0.522. The van der Waals surface area contributed by atoms with E-state index in [4.69, 9.17) is 10.8 Å². The van der Waals surface area contributed by atoms with Crippen LogP contribution in [-0.2, 0) is 4.79 Å². The summed E-state index contributed by atoms with van der Waals surface area (Å²) in [5, 5.41) is 8.81. The number of nitrogens with two attached hydrogens (primary N) is 1. The maximum Gasteiger partial charge on any atom is 0.220 e. The van der Waals surface area contributed by atoms with Gasteiger partial charge in [0.25, 0.3) is 0 Å². The van der Waals surface area contributed by atoms with Crippen LogP contribution in [0.1, 0.15) is 20.8 Å². The topological polar surface area (TPSA) is 63.3 Å². The molecular formula is C7H15NO2. The third-order valence-corrected chi connectivity index (χ3v) is 2.01. The van der Waals surface area contributed by atoms with Gasteiger partial charge in [-0.2, -0.15) is 0 Å². The van der Waals surface area contributed by atoms with E-state index in [0.717, 1.165) is 0 Å². The summed E-state index contributed by atoms with van der Waals surface area (Å²) < 4.78 is 0. The van der Waals surface area contributed by atoms with E-state index in [2.05, 4.69) is 0 Å². The van der Waals surface area contributed by atoms with Crippen molar-refractivity contribution in [2.45, 2.75) is 20.8 Å². The highest BCUT2D eigenvalue weighted by Gasteiger charge is 2.28. The second kappa shape index (κ2) is 3.01. The molecule has 0 fully saturated rings. The van der Waals surface area contributed by atoms with Crippen LogP contribution in [-0.4, -0.2) is 17.6 Å². The monoisotopic (exact) mass is 145 g/mol.